The Morgan fingerprint density at radius 2 is 1.88 bits per heavy atom. The first-order valence-corrected chi connectivity index (χ1v) is 8.51. The fourth-order valence-corrected chi connectivity index (χ4v) is 3.23. The number of anilines is 1. The fourth-order valence-electron chi connectivity index (χ4n) is 2.33. The van der Waals surface area contributed by atoms with Crippen molar-refractivity contribution in [3.05, 3.63) is 54.1 Å². The number of nitrogens with zero attached hydrogens (tertiary/aromatic N) is 1. The number of nitrogens with one attached hydrogen (secondary N) is 2. The van der Waals surface area contributed by atoms with Crippen LogP contribution in [0.4, 0.5) is 5.13 Å². The molecule has 1 aromatic heterocycles. The van der Waals surface area contributed by atoms with Crippen LogP contribution in [0, 0.1) is 0 Å². The third-order valence-corrected chi connectivity index (χ3v) is 4.44. The first-order chi connectivity index (χ1) is 12.2. The van der Waals surface area contributed by atoms with Crippen LogP contribution in [0.25, 0.3) is 10.2 Å². The van der Waals surface area contributed by atoms with E-state index < -0.39 is 0 Å². The zero-order valence-electron chi connectivity index (χ0n) is 13.6. The van der Waals surface area contributed by atoms with E-state index in [1.165, 1.54) is 11.3 Å². The van der Waals surface area contributed by atoms with Crippen LogP contribution in [0.2, 0.25) is 0 Å². The van der Waals surface area contributed by atoms with Crippen molar-refractivity contribution >= 4 is 38.5 Å². The van der Waals surface area contributed by atoms with Gasteiger partial charge in [0.2, 0.25) is 11.8 Å². The summed E-state index contributed by atoms with van der Waals surface area (Å²) in [5, 5.41) is 5.78. The molecule has 2 N–H and O–H groups in total. The van der Waals surface area contributed by atoms with Gasteiger partial charge >= 0.3 is 0 Å². The highest BCUT2D eigenvalue weighted by atomic mass is 32.1. The average Bonchev–Trinajstić information content (AvgIpc) is 3.03. The second-order valence-electron chi connectivity index (χ2n) is 5.31. The van der Waals surface area contributed by atoms with Crippen LogP contribution in [0.15, 0.2) is 48.5 Å². The van der Waals surface area contributed by atoms with Gasteiger partial charge in [0.15, 0.2) is 5.13 Å². The topological polar surface area (TPSA) is 80.3 Å². The Balaban J connectivity index is 1.55. The number of ether oxygens (including phenoxy) is 1. The third kappa shape index (κ3) is 4.33. The van der Waals surface area contributed by atoms with E-state index in [-0.39, 0.29) is 24.8 Å². The number of fused-ring (bicyclic) bond motifs is 1. The lowest BCUT2D eigenvalue weighted by Crippen LogP contribution is -2.33. The lowest BCUT2D eigenvalue weighted by atomic mass is 10.1. The number of methoxy groups -OCH3 is 1. The Kier molecular flexibility index (Phi) is 5.25. The molecule has 1 heterocycles. The summed E-state index contributed by atoms with van der Waals surface area (Å²) in [5.74, 6) is 0.136. The monoisotopic (exact) mass is 355 g/mol. The van der Waals surface area contributed by atoms with Crippen molar-refractivity contribution in [3.63, 3.8) is 0 Å². The smallest absolute Gasteiger partial charge is 0.245 e. The zero-order chi connectivity index (χ0) is 17.6. The molecule has 0 aliphatic rings. The first-order valence-electron chi connectivity index (χ1n) is 7.69. The summed E-state index contributed by atoms with van der Waals surface area (Å²) in [4.78, 5) is 28.3. The van der Waals surface area contributed by atoms with Crippen molar-refractivity contribution in [2.75, 3.05) is 19.0 Å². The van der Waals surface area contributed by atoms with Crippen LogP contribution in [0.1, 0.15) is 5.56 Å². The van der Waals surface area contributed by atoms with Gasteiger partial charge in [-0.25, -0.2) is 4.98 Å². The number of carbonyl (C=O) groups excluding carboxylic acids is 2. The van der Waals surface area contributed by atoms with Crippen molar-refractivity contribution in [3.8, 4) is 5.75 Å². The van der Waals surface area contributed by atoms with Gasteiger partial charge in [-0.15, -0.1) is 0 Å². The number of benzene rings is 2. The summed E-state index contributed by atoms with van der Waals surface area (Å²) in [6.07, 6.45) is 0.243. The molecule has 6 nitrogen and oxygen atoms in total. The summed E-state index contributed by atoms with van der Waals surface area (Å²) in [6, 6.07) is 15.0. The van der Waals surface area contributed by atoms with E-state index in [2.05, 4.69) is 15.6 Å². The molecule has 3 rings (SSSR count). The highest BCUT2D eigenvalue weighted by Gasteiger charge is 2.12. The molecule has 0 aliphatic carbocycles. The Bertz CT molecular complexity index is 893. The number of hydrogen-bond donors (Lipinski definition) is 2. The number of carbonyl (C=O) groups is 2. The van der Waals surface area contributed by atoms with E-state index >= 15 is 0 Å². The number of thiazole rings is 1. The van der Waals surface area contributed by atoms with Gasteiger partial charge in [-0.3, -0.25) is 9.59 Å². The number of para-hydroxylation sites is 1. The maximum atomic E-state index is 12.0. The SMILES string of the molecule is COc1cccc2sc(NC(=O)CNC(=O)Cc3ccccc3)nc12. The van der Waals surface area contributed by atoms with Crippen molar-refractivity contribution in [2.24, 2.45) is 0 Å². The summed E-state index contributed by atoms with van der Waals surface area (Å²) in [6.45, 7) is -0.0985. The van der Waals surface area contributed by atoms with E-state index in [0.29, 0.717) is 16.4 Å². The normalized spacial score (nSPS) is 10.4. The molecule has 25 heavy (non-hydrogen) atoms. The highest BCUT2D eigenvalue weighted by Crippen LogP contribution is 2.31. The van der Waals surface area contributed by atoms with E-state index in [9.17, 15) is 9.59 Å². The largest absolute Gasteiger partial charge is 0.494 e. The van der Waals surface area contributed by atoms with Crippen molar-refractivity contribution in [1.82, 2.24) is 10.3 Å². The van der Waals surface area contributed by atoms with Gasteiger partial charge in [-0.2, -0.15) is 0 Å². The Labute approximate surface area is 148 Å². The molecule has 7 heteroatoms. The van der Waals surface area contributed by atoms with E-state index in [1.54, 1.807) is 7.11 Å². The summed E-state index contributed by atoms with van der Waals surface area (Å²) in [7, 11) is 1.58. The predicted molar refractivity (Wildman–Crippen MR) is 98.0 cm³/mol. The van der Waals surface area contributed by atoms with Crippen molar-refractivity contribution < 1.29 is 14.3 Å². The molecule has 0 aliphatic heterocycles. The molecule has 0 fully saturated rings. The lowest BCUT2D eigenvalue weighted by molar-refractivity contribution is -0.123. The van der Waals surface area contributed by atoms with Crippen LogP contribution in [0.3, 0.4) is 0 Å². The van der Waals surface area contributed by atoms with Gasteiger partial charge in [0.05, 0.1) is 24.8 Å². The molecule has 0 saturated heterocycles. The molecular formula is C18H17N3O3S. The molecule has 128 valence electrons. The molecule has 3 aromatic rings. The molecule has 0 saturated carbocycles. The van der Waals surface area contributed by atoms with Crippen molar-refractivity contribution in [1.29, 1.82) is 0 Å². The molecule has 2 aromatic carbocycles. The summed E-state index contributed by atoms with van der Waals surface area (Å²) < 4.78 is 6.18. The molecule has 0 spiro atoms. The minimum atomic E-state index is -0.320. The average molecular weight is 355 g/mol. The first kappa shape index (κ1) is 16.9. The molecular weight excluding hydrogens is 338 g/mol. The van der Waals surface area contributed by atoms with Crippen LogP contribution >= 0.6 is 11.3 Å². The van der Waals surface area contributed by atoms with Gasteiger partial charge in [-0.1, -0.05) is 47.7 Å². The van der Waals surface area contributed by atoms with Crippen LogP contribution < -0.4 is 15.4 Å². The quantitative estimate of drug-likeness (QED) is 0.712. The fraction of sp³-hybridized carbons (Fsp3) is 0.167. The Morgan fingerprint density at radius 3 is 2.64 bits per heavy atom. The molecule has 0 unspecified atom stereocenters. The minimum Gasteiger partial charge on any atom is -0.494 e. The molecule has 0 bridgehead atoms. The summed E-state index contributed by atoms with van der Waals surface area (Å²) >= 11 is 1.36. The number of amides is 2. The van der Waals surface area contributed by atoms with Crippen LogP contribution in [0.5, 0.6) is 5.75 Å². The highest BCUT2D eigenvalue weighted by molar-refractivity contribution is 7.22. The molecule has 0 atom stereocenters. The number of rotatable bonds is 6. The van der Waals surface area contributed by atoms with E-state index in [0.717, 1.165) is 10.3 Å². The predicted octanol–water partition coefficient (Wildman–Crippen LogP) is 2.60. The Morgan fingerprint density at radius 1 is 1.08 bits per heavy atom. The van der Waals surface area contributed by atoms with Crippen LogP contribution in [-0.4, -0.2) is 30.5 Å². The summed E-state index contributed by atoms with van der Waals surface area (Å²) in [5.41, 5.74) is 1.61. The zero-order valence-corrected chi connectivity index (χ0v) is 14.4. The minimum absolute atomic E-state index is 0.0985. The molecule has 2 amide bonds. The van der Waals surface area contributed by atoms with Crippen LogP contribution in [-0.2, 0) is 16.0 Å². The Hall–Kier alpha value is -2.93. The number of aromatic nitrogens is 1. The van der Waals surface area contributed by atoms with Gasteiger partial charge in [0.1, 0.15) is 11.3 Å². The standard InChI is InChI=1S/C18H17N3O3S/c1-24-13-8-5-9-14-17(13)21-18(25-14)20-16(23)11-19-15(22)10-12-6-3-2-4-7-12/h2-9H,10-11H2,1H3,(H,19,22)(H,20,21,23). The second kappa shape index (κ2) is 7.76. The molecule has 0 radical (unpaired) electrons. The van der Waals surface area contributed by atoms with E-state index in [1.807, 2.05) is 48.5 Å². The van der Waals surface area contributed by atoms with Gasteiger partial charge in [0, 0.05) is 0 Å². The lowest BCUT2D eigenvalue weighted by Gasteiger charge is -2.05. The maximum Gasteiger partial charge on any atom is 0.245 e. The van der Waals surface area contributed by atoms with Gasteiger partial charge in [-0.05, 0) is 17.7 Å². The van der Waals surface area contributed by atoms with Gasteiger partial charge in [0.25, 0.3) is 0 Å². The maximum absolute atomic E-state index is 12.0. The third-order valence-electron chi connectivity index (χ3n) is 3.50. The van der Waals surface area contributed by atoms with Gasteiger partial charge < -0.3 is 15.4 Å². The van der Waals surface area contributed by atoms with Crippen molar-refractivity contribution in [2.45, 2.75) is 6.42 Å². The second-order valence-corrected chi connectivity index (χ2v) is 6.34. The number of hydrogen-bond acceptors (Lipinski definition) is 5. The van der Waals surface area contributed by atoms with E-state index in [4.69, 9.17) is 4.74 Å².